The number of nitrogens with zero attached hydrogens (tertiary/aromatic N) is 3. The lowest BCUT2D eigenvalue weighted by atomic mass is 10.0. The second-order valence-corrected chi connectivity index (χ2v) is 8.36. The Morgan fingerprint density at radius 3 is 2.33 bits per heavy atom. The monoisotopic (exact) mass is 455 g/mol. The Balaban J connectivity index is 1.64. The molecule has 178 valence electrons. The van der Waals surface area contributed by atoms with Crippen LogP contribution in [-0.4, -0.2) is 61.2 Å². The van der Waals surface area contributed by atoms with Crippen molar-refractivity contribution in [2.45, 2.75) is 52.1 Å². The predicted octanol–water partition coefficient (Wildman–Crippen LogP) is 1.94. The quantitative estimate of drug-likeness (QED) is 0.627. The molecule has 33 heavy (non-hydrogen) atoms. The Bertz CT molecular complexity index is 969. The van der Waals surface area contributed by atoms with Gasteiger partial charge >= 0.3 is 0 Å². The third-order valence-corrected chi connectivity index (χ3v) is 5.70. The molecular weight excluding hydrogens is 422 g/mol. The Labute approximate surface area is 194 Å². The third kappa shape index (κ3) is 6.57. The van der Waals surface area contributed by atoms with Crippen molar-refractivity contribution in [3.8, 4) is 11.5 Å². The zero-order valence-electron chi connectivity index (χ0n) is 20.0. The molecule has 9 nitrogen and oxygen atoms in total. The number of amides is 2. The molecule has 3 rings (SSSR count). The van der Waals surface area contributed by atoms with E-state index < -0.39 is 6.04 Å². The van der Waals surface area contributed by atoms with Crippen molar-refractivity contribution in [1.29, 1.82) is 0 Å². The van der Waals surface area contributed by atoms with Gasteiger partial charge in [-0.05, 0) is 51.0 Å². The normalized spacial score (nSPS) is 15.0. The van der Waals surface area contributed by atoms with Gasteiger partial charge in [-0.15, -0.1) is 0 Å². The van der Waals surface area contributed by atoms with Gasteiger partial charge in [0.15, 0.2) is 0 Å². The number of benzene rings is 1. The summed E-state index contributed by atoms with van der Waals surface area (Å²) in [5.41, 5.74) is 2.67. The van der Waals surface area contributed by atoms with Crippen LogP contribution in [0.3, 0.4) is 0 Å². The summed E-state index contributed by atoms with van der Waals surface area (Å²) in [6, 6.07) is 6.66. The van der Waals surface area contributed by atoms with E-state index in [1.165, 1.54) is 6.92 Å². The third-order valence-electron chi connectivity index (χ3n) is 5.70. The number of hydrogen-bond donors (Lipinski definition) is 2. The lowest BCUT2D eigenvalue weighted by Gasteiger charge is -2.33. The SMILES string of the molecule is COc1ccc(OC)c(C[C@H](NC(C)=O)C(=O)NC2CCN(c3nc(C)cc(C)n3)CC2)c1. The van der Waals surface area contributed by atoms with Crippen LogP contribution in [0, 0.1) is 13.8 Å². The number of methoxy groups -OCH3 is 2. The molecule has 0 radical (unpaired) electrons. The van der Waals surface area contributed by atoms with Gasteiger partial charge in [0.2, 0.25) is 17.8 Å². The summed E-state index contributed by atoms with van der Waals surface area (Å²) >= 11 is 0. The van der Waals surface area contributed by atoms with E-state index in [-0.39, 0.29) is 17.9 Å². The number of rotatable bonds is 8. The number of carbonyl (C=O) groups excluding carboxylic acids is 2. The minimum atomic E-state index is -0.718. The first-order valence-corrected chi connectivity index (χ1v) is 11.1. The van der Waals surface area contributed by atoms with E-state index in [1.54, 1.807) is 26.4 Å². The highest BCUT2D eigenvalue weighted by atomic mass is 16.5. The second-order valence-electron chi connectivity index (χ2n) is 8.36. The van der Waals surface area contributed by atoms with Gasteiger partial charge in [0.1, 0.15) is 17.5 Å². The number of anilines is 1. The molecule has 1 atom stereocenters. The lowest BCUT2D eigenvalue weighted by molar-refractivity contribution is -0.128. The molecule has 0 aliphatic carbocycles. The summed E-state index contributed by atoms with van der Waals surface area (Å²) < 4.78 is 10.7. The van der Waals surface area contributed by atoms with Crippen LogP contribution in [0.5, 0.6) is 11.5 Å². The van der Waals surface area contributed by atoms with Crippen molar-refractivity contribution in [1.82, 2.24) is 20.6 Å². The minimum absolute atomic E-state index is 0.0168. The van der Waals surface area contributed by atoms with E-state index in [4.69, 9.17) is 9.47 Å². The number of carbonyl (C=O) groups is 2. The highest BCUT2D eigenvalue weighted by Gasteiger charge is 2.27. The fourth-order valence-electron chi connectivity index (χ4n) is 4.09. The van der Waals surface area contributed by atoms with E-state index in [1.807, 2.05) is 26.0 Å². The topological polar surface area (TPSA) is 106 Å². The molecule has 2 amide bonds. The summed E-state index contributed by atoms with van der Waals surface area (Å²) in [5, 5.41) is 5.89. The van der Waals surface area contributed by atoms with E-state index in [0.717, 1.165) is 48.8 Å². The molecule has 0 saturated carbocycles. The Kier molecular flexibility index (Phi) is 8.08. The minimum Gasteiger partial charge on any atom is -0.497 e. The molecule has 0 spiro atoms. The zero-order chi connectivity index (χ0) is 24.0. The van der Waals surface area contributed by atoms with Crippen LogP contribution in [0.4, 0.5) is 5.95 Å². The van der Waals surface area contributed by atoms with Crippen molar-refractivity contribution < 1.29 is 19.1 Å². The average molecular weight is 456 g/mol. The van der Waals surface area contributed by atoms with Gasteiger partial charge < -0.3 is 25.0 Å². The van der Waals surface area contributed by atoms with Gasteiger partial charge in [0.05, 0.1) is 14.2 Å². The van der Waals surface area contributed by atoms with Crippen molar-refractivity contribution in [2.75, 3.05) is 32.2 Å². The maximum Gasteiger partial charge on any atom is 0.243 e. The fourth-order valence-corrected chi connectivity index (χ4v) is 4.09. The van der Waals surface area contributed by atoms with E-state index in [9.17, 15) is 9.59 Å². The van der Waals surface area contributed by atoms with Crippen LogP contribution in [0.2, 0.25) is 0 Å². The van der Waals surface area contributed by atoms with Crippen molar-refractivity contribution >= 4 is 17.8 Å². The van der Waals surface area contributed by atoms with Crippen molar-refractivity contribution in [3.05, 3.63) is 41.2 Å². The van der Waals surface area contributed by atoms with Gasteiger partial charge in [-0.25, -0.2) is 9.97 Å². The summed E-state index contributed by atoms with van der Waals surface area (Å²) in [7, 11) is 3.16. The first kappa shape index (κ1) is 24.3. The summed E-state index contributed by atoms with van der Waals surface area (Å²) in [6.45, 7) is 6.84. The van der Waals surface area contributed by atoms with Crippen LogP contribution in [0.1, 0.15) is 36.7 Å². The molecule has 1 aliphatic heterocycles. The molecular formula is C24H33N5O4. The van der Waals surface area contributed by atoms with Crippen LogP contribution >= 0.6 is 0 Å². The first-order chi connectivity index (χ1) is 15.8. The van der Waals surface area contributed by atoms with Crippen molar-refractivity contribution in [2.24, 2.45) is 0 Å². The molecule has 1 fully saturated rings. The zero-order valence-corrected chi connectivity index (χ0v) is 20.0. The van der Waals surface area contributed by atoms with E-state index >= 15 is 0 Å². The molecule has 2 aromatic rings. The number of piperidine rings is 1. The molecule has 0 bridgehead atoms. The lowest BCUT2D eigenvalue weighted by Crippen LogP contribution is -2.52. The van der Waals surface area contributed by atoms with Crippen LogP contribution < -0.4 is 25.0 Å². The van der Waals surface area contributed by atoms with Gasteiger partial charge in [-0.1, -0.05) is 0 Å². The van der Waals surface area contributed by atoms with Crippen molar-refractivity contribution in [3.63, 3.8) is 0 Å². The second kappa shape index (κ2) is 11.0. The molecule has 1 aromatic carbocycles. The summed E-state index contributed by atoms with van der Waals surface area (Å²) in [6.07, 6.45) is 1.84. The maximum absolute atomic E-state index is 13.1. The average Bonchev–Trinajstić information content (AvgIpc) is 2.78. The molecule has 2 heterocycles. The Morgan fingerprint density at radius 2 is 1.76 bits per heavy atom. The molecule has 1 saturated heterocycles. The van der Waals surface area contributed by atoms with Gasteiger partial charge in [-0.3, -0.25) is 9.59 Å². The molecule has 1 aromatic heterocycles. The fraction of sp³-hybridized carbons (Fsp3) is 0.500. The van der Waals surface area contributed by atoms with E-state index in [0.29, 0.717) is 17.9 Å². The van der Waals surface area contributed by atoms with Gasteiger partial charge in [-0.2, -0.15) is 0 Å². The molecule has 9 heteroatoms. The van der Waals surface area contributed by atoms with Crippen LogP contribution in [-0.2, 0) is 16.0 Å². The van der Waals surface area contributed by atoms with Crippen LogP contribution in [0.25, 0.3) is 0 Å². The number of aromatic nitrogens is 2. The van der Waals surface area contributed by atoms with Crippen LogP contribution in [0.15, 0.2) is 24.3 Å². The van der Waals surface area contributed by atoms with Gasteiger partial charge in [0, 0.05) is 49.4 Å². The molecule has 1 aliphatic rings. The largest absolute Gasteiger partial charge is 0.497 e. The Hall–Kier alpha value is -3.36. The van der Waals surface area contributed by atoms with Gasteiger partial charge in [0.25, 0.3) is 0 Å². The summed E-state index contributed by atoms with van der Waals surface area (Å²) in [5.74, 6) is 1.56. The highest BCUT2D eigenvalue weighted by molar-refractivity contribution is 5.87. The number of ether oxygens (including phenoxy) is 2. The number of nitrogens with one attached hydrogen (secondary N) is 2. The molecule has 0 unspecified atom stereocenters. The van der Waals surface area contributed by atoms with E-state index in [2.05, 4.69) is 25.5 Å². The summed E-state index contributed by atoms with van der Waals surface area (Å²) in [4.78, 5) is 36.1. The molecule has 2 N–H and O–H groups in total. The highest BCUT2D eigenvalue weighted by Crippen LogP contribution is 2.25. The number of aryl methyl sites for hydroxylation is 2. The standard InChI is InChI=1S/C24H33N5O4/c1-15-12-16(2)26-24(25-15)29-10-8-19(9-11-29)28-23(31)21(27-17(3)30)14-18-13-20(32-4)6-7-22(18)33-5/h6-7,12-13,19,21H,8-11,14H2,1-5H3,(H,27,30)(H,28,31)/t21-/m0/s1. The first-order valence-electron chi connectivity index (χ1n) is 11.1. The maximum atomic E-state index is 13.1. The smallest absolute Gasteiger partial charge is 0.243 e. The number of hydrogen-bond acceptors (Lipinski definition) is 7. The predicted molar refractivity (Wildman–Crippen MR) is 126 cm³/mol. The Morgan fingerprint density at radius 1 is 1.09 bits per heavy atom.